The third-order valence-corrected chi connectivity index (χ3v) is 4.56. The van der Waals surface area contributed by atoms with Gasteiger partial charge >= 0.3 is 5.97 Å². The van der Waals surface area contributed by atoms with Crippen LogP contribution in [0.4, 0.5) is 0 Å². The summed E-state index contributed by atoms with van der Waals surface area (Å²) in [6, 6.07) is 12.6. The molecule has 0 saturated heterocycles. The molecule has 1 unspecified atom stereocenters. The first-order chi connectivity index (χ1) is 15.0. The van der Waals surface area contributed by atoms with Gasteiger partial charge in [0.05, 0.1) is 12.2 Å². The van der Waals surface area contributed by atoms with Crippen LogP contribution in [0.1, 0.15) is 13.8 Å². The molecule has 0 fully saturated rings. The van der Waals surface area contributed by atoms with Gasteiger partial charge in [-0.3, -0.25) is 4.79 Å². The van der Waals surface area contributed by atoms with Crippen molar-refractivity contribution in [1.82, 2.24) is 25.4 Å². The molecule has 0 aliphatic rings. The predicted octanol–water partition coefficient (Wildman–Crippen LogP) is 2.63. The molecule has 1 atom stereocenters. The van der Waals surface area contributed by atoms with Crippen LogP contribution in [-0.2, 0) is 4.79 Å². The summed E-state index contributed by atoms with van der Waals surface area (Å²) < 4.78 is 11.3. The van der Waals surface area contributed by atoms with Gasteiger partial charge in [-0.1, -0.05) is 18.2 Å². The molecule has 0 radical (unpaired) electrons. The number of aromatic amines is 2. The minimum atomic E-state index is -1.04. The smallest absolute Gasteiger partial charge is 0.344 e. The van der Waals surface area contributed by atoms with Gasteiger partial charge in [0, 0.05) is 0 Å². The number of fused-ring (bicyclic) bond motifs is 1. The van der Waals surface area contributed by atoms with Crippen LogP contribution in [0, 0.1) is 0 Å². The topological polar surface area (TPSA) is 143 Å². The van der Waals surface area contributed by atoms with Crippen molar-refractivity contribution >= 4 is 17.1 Å². The van der Waals surface area contributed by atoms with Crippen LogP contribution in [0.15, 0.2) is 47.3 Å². The number of nitrogens with zero attached hydrogens (tertiary/aromatic N) is 3. The lowest BCUT2D eigenvalue weighted by Gasteiger charge is -2.14. The second-order valence-electron chi connectivity index (χ2n) is 6.68. The molecule has 4 aromatic rings. The number of benzene rings is 2. The van der Waals surface area contributed by atoms with Crippen LogP contribution >= 0.6 is 0 Å². The standard InChI is InChI=1S/C21H19N5O5/c1-3-30-16-10-13(12-5-4-6-14(9-12)31-11(2)21(28)29)7-8-15(16)18-22-19-17(20(27)23-18)24-26-25-19/h4-11H,3H2,1-2H3,(H,28,29)(H2,22,23,24,25,26,27). The molecule has 0 spiro atoms. The predicted molar refractivity (Wildman–Crippen MR) is 112 cm³/mol. The van der Waals surface area contributed by atoms with Crippen molar-refractivity contribution in [3.8, 4) is 34.0 Å². The van der Waals surface area contributed by atoms with E-state index in [0.717, 1.165) is 11.1 Å². The molecule has 2 heterocycles. The number of H-pyrrole nitrogens is 2. The lowest BCUT2D eigenvalue weighted by Crippen LogP contribution is -2.22. The summed E-state index contributed by atoms with van der Waals surface area (Å²) in [5.74, 6) is 0.237. The fourth-order valence-electron chi connectivity index (χ4n) is 3.06. The van der Waals surface area contributed by atoms with E-state index in [9.17, 15) is 9.59 Å². The van der Waals surface area contributed by atoms with Crippen LogP contribution in [-0.4, -0.2) is 49.2 Å². The van der Waals surface area contributed by atoms with E-state index in [1.54, 1.807) is 24.3 Å². The van der Waals surface area contributed by atoms with E-state index in [1.165, 1.54) is 6.92 Å². The lowest BCUT2D eigenvalue weighted by molar-refractivity contribution is -0.144. The van der Waals surface area contributed by atoms with Crippen molar-refractivity contribution in [2.24, 2.45) is 0 Å². The Labute approximate surface area is 175 Å². The molecule has 4 rings (SSSR count). The van der Waals surface area contributed by atoms with Crippen molar-refractivity contribution in [2.75, 3.05) is 6.61 Å². The molecule has 10 nitrogen and oxygen atoms in total. The highest BCUT2D eigenvalue weighted by Gasteiger charge is 2.16. The average molecular weight is 421 g/mol. The molecule has 0 aliphatic carbocycles. The molecule has 158 valence electrons. The number of aliphatic carboxylic acids is 1. The van der Waals surface area contributed by atoms with Crippen LogP contribution in [0.5, 0.6) is 11.5 Å². The van der Waals surface area contributed by atoms with E-state index in [-0.39, 0.29) is 11.2 Å². The first-order valence-electron chi connectivity index (χ1n) is 9.54. The summed E-state index contributed by atoms with van der Waals surface area (Å²) >= 11 is 0. The van der Waals surface area contributed by atoms with Gasteiger partial charge < -0.3 is 19.6 Å². The number of hydrogen-bond donors (Lipinski definition) is 3. The van der Waals surface area contributed by atoms with Gasteiger partial charge in [-0.05, 0) is 49.2 Å². The fourth-order valence-corrected chi connectivity index (χ4v) is 3.06. The molecular weight excluding hydrogens is 402 g/mol. The second kappa shape index (κ2) is 8.27. The second-order valence-corrected chi connectivity index (χ2v) is 6.68. The first-order valence-corrected chi connectivity index (χ1v) is 9.54. The molecule has 0 amide bonds. The Kier molecular flexibility index (Phi) is 5.35. The van der Waals surface area contributed by atoms with Crippen molar-refractivity contribution in [3.63, 3.8) is 0 Å². The minimum absolute atomic E-state index is 0.130. The summed E-state index contributed by atoms with van der Waals surface area (Å²) in [6.07, 6.45) is -0.967. The molecule has 10 heteroatoms. The summed E-state index contributed by atoms with van der Waals surface area (Å²) in [7, 11) is 0. The largest absolute Gasteiger partial charge is 0.493 e. The highest BCUT2D eigenvalue weighted by molar-refractivity contribution is 5.77. The Balaban J connectivity index is 1.74. The molecule has 0 bridgehead atoms. The van der Waals surface area contributed by atoms with E-state index in [4.69, 9.17) is 14.6 Å². The average Bonchev–Trinajstić information content (AvgIpc) is 3.23. The first kappa shape index (κ1) is 20.1. The Morgan fingerprint density at radius 2 is 1.97 bits per heavy atom. The zero-order valence-corrected chi connectivity index (χ0v) is 16.7. The van der Waals surface area contributed by atoms with Gasteiger partial charge in [-0.2, -0.15) is 5.21 Å². The van der Waals surface area contributed by atoms with Crippen LogP contribution < -0.4 is 15.0 Å². The summed E-state index contributed by atoms with van der Waals surface area (Å²) in [5, 5.41) is 19.1. The highest BCUT2D eigenvalue weighted by atomic mass is 16.5. The Hall–Kier alpha value is -4.21. The number of nitrogens with one attached hydrogen (secondary N) is 2. The molecule has 2 aromatic heterocycles. The Morgan fingerprint density at radius 3 is 2.74 bits per heavy atom. The summed E-state index contributed by atoms with van der Waals surface area (Å²) in [5.41, 5.74) is 2.17. The lowest BCUT2D eigenvalue weighted by atomic mass is 10.0. The number of carboxylic acids is 1. The third-order valence-electron chi connectivity index (χ3n) is 4.56. The van der Waals surface area contributed by atoms with Crippen molar-refractivity contribution in [3.05, 3.63) is 52.8 Å². The minimum Gasteiger partial charge on any atom is -0.493 e. The Bertz CT molecular complexity index is 1310. The van der Waals surface area contributed by atoms with Crippen molar-refractivity contribution in [2.45, 2.75) is 20.0 Å². The van der Waals surface area contributed by atoms with E-state index in [0.29, 0.717) is 29.5 Å². The molecule has 0 saturated carbocycles. The quantitative estimate of drug-likeness (QED) is 0.413. The van der Waals surface area contributed by atoms with Crippen LogP contribution in [0.2, 0.25) is 0 Å². The number of carbonyl (C=O) groups is 1. The van der Waals surface area contributed by atoms with Gasteiger partial charge in [-0.25, -0.2) is 9.78 Å². The van der Waals surface area contributed by atoms with Crippen molar-refractivity contribution < 1.29 is 19.4 Å². The fraction of sp³-hybridized carbons (Fsp3) is 0.190. The summed E-state index contributed by atoms with van der Waals surface area (Å²) in [4.78, 5) is 30.4. The third kappa shape index (κ3) is 4.08. The van der Waals surface area contributed by atoms with Gasteiger partial charge in [0.2, 0.25) is 5.65 Å². The highest BCUT2D eigenvalue weighted by Crippen LogP contribution is 2.34. The maximum Gasteiger partial charge on any atom is 0.344 e. The number of carboxylic acid groups (broad SMARTS) is 1. The zero-order chi connectivity index (χ0) is 22.0. The molecular formula is C21H19N5O5. The van der Waals surface area contributed by atoms with Crippen molar-refractivity contribution in [1.29, 1.82) is 0 Å². The van der Waals surface area contributed by atoms with Gasteiger partial charge in [0.1, 0.15) is 17.3 Å². The normalized spacial score (nSPS) is 11.9. The summed E-state index contributed by atoms with van der Waals surface area (Å²) in [6.45, 7) is 3.73. The van der Waals surface area contributed by atoms with E-state index in [1.807, 2.05) is 25.1 Å². The van der Waals surface area contributed by atoms with E-state index >= 15 is 0 Å². The number of ether oxygens (including phenoxy) is 2. The molecule has 0 aliphatic heterocycles. The van der Waals surface area contributed by atoms with Crippen LogP contribution in [0.25, 0.3) is 33.7 Å². The van der Waals surface area contributed by atoms with Gasteiger partial charge in [0.25, 0.3) is 5.56 Å². The molecule has 3 N–H and O–H groups in total. The van der Waals surface area contributed by atoms with E-state index < -0.39 is 17.6 Å². The zero-order valence-electron chi connectivity index (χ0n) is 16.7. The Morgan fingerprint density at radius 1 is 1.16 bits per heavy atom. The maximum absolute atomic E-state index is 12.3. The SMILES string of the molecule is CCOc1cc(-c2cccc(OC(C)C(=O)O)c2)ccc1-c1nc2n[nH]nc2c(=O)[nH]1. The molecule has 2 aromatic carbocycles. The van der Waals surface area contributed by atoms with Gasteiger partial charge in [-0.15, -0.1) is 10.2 Å². The monoisotopic (exact) mass is 421 g/mol. The van der Waals surface area contributed by atoms with Gasteiger partial charge in [0.15, 0.2) is 11.6 Å². The van der Waals surface area contributed by atoms with E-state index in [2.05, 4.69) is 25.4 Å². The number of hydrogen-bond acceptors (Lipinski definition) is 7. The maximum atomic E-state index is 12.3. The molecule has 31 heavy (non-hydrogen) atoms. The number of aromatic nitrogens is 5. The van der Waals surface area contributed by atoms with Crippen LogP contribution in [0.3, 0.4) is 0 Å². The number of rotatable bonds is 7.